The molecule has 3 aromatic rings. The second-order valence-electron chi connectivity index (χ2n) is 8.21. The van der Waals surface area contributed by atoms with Crippen LogP contribution in [-0.2, 0) is 13.1 Å². The number of aromatic nitrogens is 2. The lowest BCUT2D eigenvalue weighted by Gasteiger charge is -2.36. The van der Waals surface area contributed by atoms with E-state index in [1.165, 1.54) is 5.56 Å². The third-order valence-corrected chi connectivity index (χ3v) is 5.95. The van der Waals surface area contributed by atoms with Crippen LogP contribution in [0.5, 0.6) is 5.75 Å². The van der Waals surface area contributed by atoms with Gasteiger partial charge in [0.2, 0.25) is 0 Å². The summed E-state index contributed by atoms with van der Waals surface area (Å²) < 4.78 is 5.28. The summed E-state index contributed by atoms with van der Waals surface area (Å²) in [6, 6.07) is 18.2. The number of amides is 1. The number of likely N-dealkylation sites (tertiary alicyclic amines) is 1. The van der Waals surface area contributed by atoms with Crippen molar-refractivity contribution in [3.63, 3.8) is 0 Å². The van der Waals surface area contributed by atoms with Gasteiger partial charge in [-0.3, -0.25) is 9.69 Å². The van der Waals surface area contributed by atoms with Gasteiger partial charge >= 0.3 is 0 Å². The van der Waals surface area contributed by atoms with Gasteiger partial charge in [0.1, 0.15) is 11.6 Å². The summed E-state index contributed by atoms with van der Waals surface area (Å²) in [4.78, 5) is 24.6. The molecule has 1 saturated heterocycles. The molecule has 2 heterocycles. The average molecular weight is 431 g/mol. The Morgan fingerprint density at radius 2 is 1.88 bits per heavy atom. The Hall–Kier alpha value is -3.25. The van der Waals surface area contributed by atoms with Gasteiger partial charge in [0.15, 0.2) is 0 Å². The minimum absolute atomic E-state index is 0.0880. The molecule has 1 aromatic heterocycles. The number of rotatable bonds is 7. The first-order valence-corrected chi connectivity index (χ1v) is 11.2. The van der Waals surface area contributed by atoms with E-state index in [2.05, 4.69) is 27.3 Å². The average Bonchev–Trinajstić information content (AvgIpc) is 2.84. The van der Waals surface area contributed by atoms with Crippen LogP contribution in [0.25, 0.3) is 0 Å². The highest BCUT2D eigenvalue weighted by atomic mass is 16.5. The van der Waals surface area contributed by atoms with Crippen molar-refractivity contribution < 1.29 is 9.53 Å². The molecule has 6 heteroatoms. The van der Waals surface area contributed by atoms with Crippen molar-refractivity contribution in [2.24, 2.45) is 0 Å². The summed E-state index contributed by atoms with van der Waals surface area (Å²) in [5.41, 5.74) is 3.68. The van der Waals surface area contributed by atoms with E-state index < -0.39 is 0 Å². The topological polar surface area (TPSA) is 67.3 Å². The highest BCUT2D eigenvalue weighted by Gasteiger charge is 2.29. The Labute approximate surface area is 189 Å². The summed E-state index contributed by atoms with van der Waals surface area (Å²) >= 11 is 0. The quantitative estimate of drug-likeness (QED) is 0.600. The molecule has 1 aliphatic heterocycles. The lowest BCUT2D eigenvalue weighted by molar-refractivity contribution is 0.0939. The molecule has 0 saturated carbocycles. The van der Waals surface area contributed by atoms with E-state index >= 15 is 0 Å². The van der Waals surface area contributed by atoms with Gasteiger partial charge in [0.05, 0.1) is 24.4 Å². The van der Waals surface area contributed by atoms with Crippen molar-refractivity contribution in [3.8, 4) is 5.75 Å². The highest BCUT2D eigenvalue weighted by Crippen LogP contribution is 2.33. The lowest BCUT2D eigenvalue weighted by Crippen LogP contribution is -2.35. The Balaban J connectivity index is 1.55. The molecule has 32 heavy (non-hydrogen) atoms. The summed E-state index contributed by atoms with van der Waals surface area (Å²) in [7, 11) is 1.68. The Bertz CT molecular complexity index is 1040. The first-order valence-electron chi connectivity index (χ1n) is 11.2. The van der Waals surface area contributed by atoms with Gasteiger partial charge in [-0.2, -0.15) is 0 Å². The molecule has 1 amide bonds. The van der Waals surface area contributed by atoms with Gasteiger partial charge in [-0.05, 0) is 49.6 Å². The van der Waals surface area contributed by atoms with Gasteiger partial charge in [-0.25, -0.2) is 9.97 Å². The number of carbonyl (C=O) groups excluding carboxylic acids is 1. The molecule has 0 unspecified atom stereocenters. The minimum atomic E-state index is -0.126. The van der Waals surface area contributed by atoms with Crippen molar-refractivity contribution in [2.75, 3.05) is 13.7 Å². The van der Waals surface area contributed by atoms with Crippen molar-refractivity contribution in [2.45, 2.75) is 45.3 Å². The molecule has 1 aliphatic rings. The fourth-order valence-electron chi connectivity index (χ4n) is 4.25. The van der Waals surface area contributed by atoms with Gasteiger partial charge in [-0.1, -0.05) is 48.9 Å². The SMILES string of the molecule is COc1ccc(CN2CCCC[C@H]2c2nc(C)ncc2C(=O)NCc2ccccc2)cc1. The number of ether oxygens (including phenoxy) is 1. The van der Waals surface area contributed by atoms with E-state index in [0.29, 0.717) is 17.9 Å². The maximum Gasteiger partial charge on any atom is 0.255 e. The van der Waals surface area contributed by atoms with E-state index in [0.717, 1.165) is 49.4 Å². The molecular weight excluding hydrogens is 400 g/mol. The molecule has 0 bridgehead atoms. The van der Waals surface area contributed by atoms with Gasteiger partial charge < -0.3 is 10.1 Å². The number of nitrogens with zero attached hydrogens (tertiary/aromatic N) is 3. The molecule has 6 nitrogen and oxygen atoms in total. The molecule has 0 aliphatic carbocycles. The van der Waals surface area contributed by atoms with Crippen molar-refractivity contribution in [3.05, 3.63) is 89.0 Å². The van der Waals surface area contributed by atoms with Gasteiger partial charge in [0, 0.05) is 19.3 Å². The summed E-state index contributed by atoms with van der Waals surface area (Å²) in [5, 5.41) is 3.04. The first-order chi connectivity index (χ1) is 15.6. The molecule has 166 valence electrons. The molecule has 1 fully saturated rings. The molecule has 0 spiro atoms. The number of aryl methyl sites for hydroxylation is 1. The van der Waals surface area contributed by atoms with E-state index in [4.69, 9.17) is 9.72 Å². The van der Waals surface area contributed by atoms with Crippen molar-refractivity contribution in [1.82, 2.24) is 20.2 Å². The second-order valence-corrected chi connectivity index (χ2v) is 8.21. The van der Waals surface area contributed by atoms with E-state index in [9.17, 15) is 4.79 Å². The number of hydrogen-bond acceptors (Lipinski definition) is 5. The van der Waals surface area contributed by atoms with Gasteiger partial charge in [-0.15, -0.1) is 0 Å². The summed E-state index contributed by atoms with van der Waals surface area (Å²) in [6.07, 6.45) is 4.92. The van der Waals surface area contributed by atoms with E-state index in [-0.39, 0.29) is 11.9 Å². The van der Waals surface area contributed by atoms with Crippen LogP contribution in [0, 0.1) is 6.92 Å². The number of hydrogen-bond donors (Lipinski definition) is 1. The molecular formula is C26H30N4O2. The fraction of sp³-hybridized carbons (Fsp3) is 0.346. The minimum Gasteiger partial charge on any atom is -0.497 e. The van der Waals surface area contributed by atoms with Crippen LogP contribution in [0.3, 0.4) is 0 Å². The Morgan fingerprint density at radius 3 is 2.62 bits per heavy atom. The predicted molar refractivity (Wildman–Crippen MR) is 124 cm³/mol. The highest BCUT2D eigenvalue weighted by molar-refractivity contribution is 5.95. The monoisotopic (exact) mass is 430 g/mol. The van der Waals surface area contributed by atoms with Crippen molar-refractivity contribution >= 4 is 5.91 Å². The van der Waals surface area contributed by atoms with E-state index in [1.54, 1.807) is 13.3 Å². The number of benzene rings is 2. The van der Waals surface area contributed by atoms with Gasteiger partial charge in [0.25, 0.3) is 5.91 Å². The van der Waals surface area contributed by atoms with Crippen LogP contribution in [0.15, 0.2) is 60.8 Å². The second kappa shape index (κ2) is 10.4. The Morgan fingerprint density at radius 1 is 1.09 bits per heavy atom. The number of nitrogens with one attached hydrogen (secondary N) is 1. The van der Waals surface area contributed by atoms with Crippen LogP contribution >= 0.6 is 0 Å². The van der Waals surface area contributed by atoms with Crippen molar-refractivity contribution in [1.29, 1.82) is 0 Å². The molecule has 4 rings (SSSR count). The van der Waals surface area contributed by atoms with Crippen LogP contribution in [0.1, 0.15) is 58.3 Å². The smallest absolute Gasteiger partial charge is 0.255 e. The third kappa shape index (κ3) is 5.32. The molecule has 1 atom stereocenters. The maximum absolute atomic E-state index is 13.1. The first kappa shape index (κ1) is 22.0. The molecule has 2 aromatic carbocycles. The number of methoxy groups -OCH3 is 1. The zero-order valence-electron chi connectivity index (χ0n) is 18.8. The van der Waals surface area contributed by atoms with E-state index in [1.807, 2.05) is 49.4 Å². The van der Waals surface area contributed by atoms with Crippen LogP contribution < -0.4 is 10.1 Å². The van der Waals surface area contributed by atoms with Crippen LogP contribution in [0.4, 0.5) is 0 Å². The molecule has 0 radical (unpaired) electrons. The number of piperidine rings is 1. The largest absolute Gasteiger partial charge is 0.497 e. The summed E-state index contributed by atoms with van der Waals surface area (Å²) in [6.45, 7) is 4.15. The molecule has 1 N–H and O–H groups in total. The zero-order chi connectivity index (χ0) is 22.3. The third-order valence-electron chi connectivity index (χ3n) is 5.95. The lowest BCUT2D eigenvalue weighted by atomic mass is 9.95. The summed E-state index contributed by atoms with van der Waals surface area (Å²) in [5.74, 6) is 1.42. The predicted octanol–water partition coefficient (Wildman–Crippen LogP) is 4.45. The van der Waals surface area contributed by atoms with Crippen LogP contribution in [0.2, 0.25) is 0 Å². The fourth-order valence-corrected chi connectivity index (χ4v) is 4.25. The standard InChI is InChI=1S/C26H30N4O2/c1-19-27-17-23(26(31)28-16-20-8-4-3-5-9-20)25(29-19)24-10-6-7-15-30(24)18-21-11-13-22(32-2)14-12-21/h3-5,8-9,11-14,17,24H,6-7,10,15-16,18H2,1-2H3,(H,28,31)/t24-/m0/s1. The zero-order valence-corrected chi connectivity index (χ0v) is 18.8. The number of carbonyl (C=O) groups is 1. The normalized spacial score (nSPS) is 16.5. The maximum atomic E-state index is 13.1. The Kier molecular flexibility index (Phi) is 7.12. The van der Waals surface area contributed by atoms with Crippen LogP contribution in [-0.4, -0.2) is 34.4 Å².